The van der Waals surface area contributed by atoms with Gasteiger partial charge in [0.25, 0.3) is 0 Å². The van der Waals surface area contributed by atoms with Crippen LogP contribution in [0.15, 0.2) is 24.3 Å². The van der Waals surface area contributed by atoms with Crippen molar-refractivity contribution < 1.29 is 9.47 Å². The minimum atomic E-state index is 0.322. The summed E-state index contributed by atoms with van der Waals surface area (Å²) in [6.07, 6.45) is 3.94. The third-order valence-electron chi connectivity index (χ3n) is 5.51. The van der Waals surface area contributed by atoms with Crippen molar-refractivity contribution in [2.24, 2.45) is 0 Å². The van der Waals surface area contributed by atoms with E-state index in [9.17, 15) is 0 Å². The van der Waals surface area contributed by atoms with Crippen molar-refractivity contribution >= 4 is 15.9 Å². The Morgan fingerprint density at radius 2 is 1.04 bits per heavy atom. The van der Waals surface area contributed by atoms with Crippen molar-refractivity contribution in [2.75, 3.05) is 19.5 Å². The minimum absolute atomic E-state index is 0.322. The summed E-state index contributed by atoms with van der Waals surface area (Å²) in [6, 6.07) is 9.19. The first-order valence-electron chi connectivity index (χ1n) is 10.0. The number of aryl methyl sites for hydroxylation is 4. The molecule has 0 spiro atoms. The molecule has 0 bridgehead atoms. The van der Waals surface area contributed by atoms with Crippen LogP contribution in [-0.2, 0) is 25.7 Å². The molecule has 3 heteroatoms. The highest BCUT2D eigenvalue weighted by molar-refractivity contribution is 9.09. The zero-order valence-corrected chi connectivity index (χ0v) is 19.2. The van der Waals surface area contributed by atoms with Gasteiger partial charge in [0, 0.05) is 11.2 Å². The number of hydrogen-bond acceptors (Lipinski definition) is 2. The number of alkyl halides is 1. The van der Waals surface area contributed by atoms with E-state index in [-0.39, 0.29) is 0 Å². The van der Waals surface area contributed by atoms with E-state index in [4.69, 9.17) is 9.47 Å². The maximum absolute atomic E-state index is 5.64. The first-order chi connectivity index (χ1) is 13.1. The van der Waals surface area contributed by atoms with Gasteiger partial charge in [-0.15, -0.1) is 0 Å². The van der Waals surface area contributed by atoms with Crippen molar-refractivity contribution in [3.63, 3.8) is 0 Å². The molecule has 2 aromatic rings. The molecule has 2 aromatic carbocycles. The smallest absolute Gasteiger partial charge is 0.122 e. The molecule has 2 rings (SSSR count). The fourth-order valence-electron chi connectivity index (χ4n) is 3.90. The lowest BCUT2D eigenvalue weighted by Gasteiger charge is -2.25. The maximum Gasteiger partial charge on any atom is 0.122 e. The van der Waals surface area contributed by atoms with Gasteiger partial charge in [-0.05, 0) is 71.2 Å². The molecule has 2 nitrogen and oxygen atoms in total. The average molecular weight is 433 g/mol. The Labute approximate surface area is 173 Å². The predicted molar refractivity (Wildman–Crippen MR) is 119 cm³/mol. The molecule has 0 aliphatic heterocycles. The summed E-state index contributed by atoms with van der Waals surface area (Å²) in [5.74, 6) is 2.33. The lowest BCUT2D eigenvalue weighted by Crippen LogP contribution is -2.11. The molecule has 0 radical (unpaired) electrons. The Hall–Kier alpha value is -1.48. The second-order valence-corrected chi connectivity index (χ2v) is 7.49. The first-order valence-corrected chi connectivity index (χ1v) is 11.2. The monoisotopic (exact) mass is 432 g/mol. The molecule has 0 unspecified atom stereocenters. The van der Waals surface area contributed by atoms with Gasteiger partial charge >= 0.3 is 0 Å². The van der Waals surface area contributed by atoms with Crippen molar-refractivity contribution in [1.29, 1.82) is 0 Å². The van der Waals surface area contributed by atoms with Gasteiger partial charge in [0.05, 0.1) is 14.2 Å². The van der Waals surface area contributed by atoms with Crippen LogP contribution >= 0.6 is 15.9 Å². The average Bonchev–Trinajstić information content (AvgIpc) is 2.73. The molecule has 148 valence electrons. The van der Waals surface area contributed by atoms with Crippen LogP contribution in [-0.4, -0.2) is 19.5 Å². The number of ether oxygens (including phenoxy) is 2. The topological polar surface area (TPSA) is 18.5 Å². The van der Waals surface area contributed by atoms with Gasteiger partial charge in [0.2, 0.25) is 0 Å². The molecule has 0 aliphatic carbocycles. The van der Waals surface area contributed by atoms with Crippen LogP contribution in [0.5, 0.6) is 11.5 Å². The van der Waals surface area contributed by atoms with Gasteiger partial charge in [-0.1, -0.05) is 55.8 Å². The molecular formula is C24H33BrO2. The lowest BCUT2D eigenvalue weighted by molar-refractivity contribution is 0.409. The lowest BCUT2D eigenvalue weighted by atomic mass is 9.83. The molecule has 0 aromatic heterocycles. The molecule has 0 saturated carbocycles. The summed E-state index contributed by atoms with van der Waals surface area (Å²) in [7, 11) is 3.53. The molecule has 0 fully saturated rings. The Balaban J connectivity index is 2.69. The summed E-state index contributed by atoms with van der Waals surface area (Å²) in [5.41, 5.74) is 8.10. The normalized spacial score (nSPS) is 11.1. The van der Waals surface area contributed by atoms with E-state index >= 15 is 0 Å². The Morgan fingerprint density at radius 1 is 0.667 bits per heavy atom. The largest absolute Gasteiger partial charge is 0.496 e. The molecule has 0 saturated heterocycles. The molecule has 0 heterocycles. The SMILES string of the molecule is CCc1cc(C(CBr)c2cc(CC)c(OC)cc2CC)c(CC)cc1OC. The zero-order valence-electron chi connectivity index (χ0n) is 17.6. The van der Waals surface area contributed by atoms with Crippen LogP contribution in [0.25, 0.3) is 0 Å². The van der Waals surface area contributed by atoms with Gasteiger partial charge in [-0.3, -0.25) is 0 Å². The predicted octanol–water partition coefficient (Wildman–Crippen LogP) is 6.48. The van der Waals surface area contributed by atoms with E-state index in [0.717, 1.165) is 42.5 Å². The fourth-order valence-corrected chi connectivity index (χ4v) is 4.60. The van der Waals surface area contributed by atoms with Gasteiger partial charge in [0.1, 0.15) is 11.5 Å². The number of hydrogen-bond donors (Lipinski definition) is 0. The zero-order chi connectivity index (χ0) is 20.0. The second-order valence-electron chi connectivity index (χ2n) is 6.85. The molecule has 0 amide bonds. The Kier molecular flexibility index (Phi) is 8.22. The van der Waals surface area contributed by atoms with Crippen LogP contribution in [0.1, 0.15) is 67.0 Å². The highest BCUT2D eigenvalue weighted by Crippen LogP contribution is 2.38. The van der Waals surface area contributed by atoms with Crippen molar-refractivity contribution in [2.45, 2.75) is 59.3 Å². The summed E-state index contributed by atoms with van der Waals surface area (Å²) in [6.45, 7) is 8.83. The highest BCUT2D eigenvalue weighted by atomic mass is 79.9. The van der Waals surface area contributed by atoms with Crippen LogP contribution in [0.2, 0.25) is 0 Å². The quantitative estimate of drug-likeness (QED) is 0.422. The summed E-state index contributed by atoms with van der Waals surface area (Å²) in [5, 5.41) is 0.901. The van der Waals surface area contributed by atoms with E-state index in [1.807, 2.05) is 0 Å². The first kappa shape index (κ1) is 21.8. The summed E-state index contributed by atoms with van der Waals surface area (Å²) < 4.78 is 11.3. The number of benzene rings is 2. The van der Waals surface area contributed by atoms with Crippen LogP contribution in [0.4, 0.5) is 0 Å². The van der Waals surface area contributed by atoms with E-state index in [0.29, 0.717) is 5.92 Å². The van der Waals surface area contributed by atoms with Crippen LogP contribution in [0.3, 0.4) is 0 Å². The van der Waals surface area contributed by atoms with Crippen LogP contribution in [0, 0.1) is 0 Å². The molecule has 0 atom stereocenters. The van der Waals surface area contributed by atoms with E-state index in [1.165, 1.54) is 33.4 Å². The molecule has 27 heavy (non-hydrogen) atoms. The Bertz CT molecular complexity index is 704. The van der Waals surface area contributed by atoms with E-state index in [1.54, 1.807) is 14.2 Å². The van der Waals surface area contributed by atoms with Gasteiger partial charge in [0.15, 0.2) is 0 Å². The maximum atomic E-state index is 5.64. The summed E-state index contributed by atoms with van der Waals surface area (Å²) >= 11 is 3.82. The van der Waals surface area contributed by atoms with Gasteiger partial charge in [-0.25, -0.2) is 0 Å². The van der Waals surface area contributed by atoms with Crippen molar-refractivity contribution in [1.82, 2.24) is 0 Å². The van der Waals surface area contributed by atoms with E-state index < -0.39 is 0 Å². The third-order valence-corrected chi connectivity index (χ3v) is 6.16. The fraction of sp³-hybridized carbons (Fsp3) is 0.500. The number of halogens is 1. The van der Waals surface area contributed by atoms with Gasteiger partial charge < -0.3 is 9.47 Å². The van der Waals surface area contributed by atoms with Crippen molar-refractivity contribution in [3.8, 4) is 11.5 Å². The molecular weight excluding hydrogens is 400 g/mol. The standard InChI is InChI=1S/C24H33BrO2/c1-7-16-13-23(26-5)18(9-3)11-20(16)22(15-25)21-12-19(10-4)24(27-6)14-17(21)8-2/h11-14,22H,7-10,15H2,1-6H3. The van der Waals surface area contributed by atoms with Crippen molar-refractivity contribution in [3.05, 3.63) is 57.6 Å². The number of methoxy groups -OCH3 is 2. The van der Waals surface area contributed by atoms with Crippen LogP contribution < -0.4 is 9.47 Å². The summed E-state index contributed by atoms with van der Waals surface area (Å²) in [4.78, 5) is 0. The molecule has 0 aliphatic rings. The third kappa shape index (κ3) is 4.51. The van der Waals surface area contributed by atoms with E-state index in [2.05, 4.69) is 67.9 Å². The Morgan fingerprint density at radius 3 is 1.30 bits per heavy atom. The molecule has 0 N–H and O–H groups in total. The number of rotatable bonds is 9. The minimum Gasteiger partial charge on any atom is -0.496 e. The highest BCUT2D eigenvalue weighted by Gasteiger charge is 2.22. The van der Waals surface area contributed by atoms with Gasteiger partial charge in [-0.2, -0.15) is 0 Å². The second kappa shape index (κ2) is 10.2.